The lowest BCUT2D eigenvalue weighted by Gasteiger charge is -2.09. The molecule has 0 bridgehead atoms. The Kier molecular flexibility index (Phi) is 10.2. The Hall–Kier alpha value is -4.50. The minimum Gasteiger partial charge on any atom is -0.357 e. The molecule has 3 aromatic rings. The molecule has 0 radical (unpaired) electrons. The fraction of sp³-hybridized carbons (Fsp3) is 0.133. The van der Waals surface area contributed by atoms with Gasteiger partial charge in [-0.1, -0.05) is 59.6 Å². The predicted molar refractivity (Wildman–Crippen MR) is 151 cm³/mol. The molecule has 0 spiro atoms. The molecule has 202 valence electrons. The van der Waals surface area contributed by atoms with E-state index in [-0.39, 0.29) is 45.5 Å². The normalized spacial score (nSPS) is 11.4. The summed E-state index contributed by atoms with van der Waals surface area (Å²) in [6.45, 7) is 10.5. The third-order valence-corrected chi connectivity index (χ3v) is 6.48. The van der Waals surface area contributed by atoms with E-state index in [9.17, 15) is 23.6 Å². The summed E-state index contributed by atoms with van der Waals surface area (Å²) >= 11 is 12.1. The van der Waals surface area contributed by atoms with Gasteiger partial charge in [-0.3, -0.25) is 9.59 Å². The number of hydrogen-bond donors (Lipinski definition) is 2. The third-order valence-electron chi connectivity index (χ3n) is 5.82. The molecule has 3 rings (SSSR count). The van der Waals surface area contributed by atoms with Crippen LogP contribution in [-0.4, -0.2) is 11.8 Å². The smallest absolute Gasteiger partial charge is 0.262 e. The average Bonchev–Trinajstić information content (AvgIpc) is 2.95. The molecule has 2 amide bonds. The molecule has 2 N–H and O–H groups in total. The molecule has 6 nitrogen and oxygen atoms in total. The van der Waals surface area contributed by atoms with Crippen LogP contribution in [0.2, 0.25) is 10.0 Å². The van der Waals surface area contributed by atoms with Crippen LogP contribution in [0.5, 0.6) is 0 Å². The molecule has 0 aliphatic rings. The molecular weight excluding hydrogens is 557 g/mol. The van der Waals surface area contributed by atoms with Gasteiger partial charge in [0.25, 0.3) is 17.5 Å². The summed E-state index contributed by atoms with van der Waals surface area (Å²) in [6, 6.07) is 14.6. The van der Waals surface area contributed by atoms with Gasteiger partial charge in [0, 0.05) is 29.2 Å². The Morgan fingerprint density at radius 2 is 1.40 bits per heavy atom. The fourth-order valence-corrected chi connectivity index (χ4v) is 4.00. The second kappa shape index (κ2) is 13.5. The lowest BCUT2D eigenvalue weighted by Crippen LogP contribution is -2.25. The molecule has 0 fully saturated rings. The second-order valence-electron chi connectivity index (χ2n) is 8.68. The van der Waals surface area contributed by atoms with E-state index in [0.717, 1.165) is 12.2 Å². The number of nitrogens with zero attached hydrogens (tertiary/aromatic N) is 2. The largest absolute Gasteiger partial charge is 0.357 e. The lowest BCUT2D eigenvalue weighted by molar-refractivity contribution is -0.118. The number of halogens is 4. The van der Waals surface area contributed by atoms with Gasteiger partial charge < -0.3 is 10.6 Å². The third kappa shape index (κ3) is 7.33. The first-order chi connectivity index (χ1) is 19.0. The van der Waals surface area contributed by atoms with Crippen LogP contribution in [0.25, 0.3) is 17.0 Å². The number of nitrogens with one attached hydrogen (secondary N) is 2. The Labute approximate surface area is 240 Å². The highest BCUT2D eigenvalue weighted by atomic mass is 35.5. The summed E-state index contributed by atoms with van der Waals surface area (Å²) in [6.07, 6.45) is 2.21. The van der Waals surface area contributed by atoms with Crippen molar-refractivity contribution in [1.82, 2.24) is 10.6 Å². The first kappa shape index (κ1) is 30.0. The topological polar surface area (TPSA) is 86.3 Å². The number of amides is 2. The monoisotopic (exact) mass is 578 g/mol. The molecule has 3 aromatic carbocycles. The number of benzene rings is 3. The highest BCUT2D eigenvalue weighted by Crippen LogP contribution is 2.26. The maximum atomic E-state index is 14.4. The van der Waals surface area contributed by atoms with E-state index in [4.69, 9.17) is 29.8 Å². The number of carbonyl (C=O) groups excluding carboxylic acids is 2. The van der Waals surface area contributed by atoms with Gasteiger partial charge in [0.15, 0.2) is 0 Å². The van der Waals surface area contributed by atoms with Gasteiger partial charge >= 0.3 is 0 Å². The van der Waals surface area contributed by atoms with Crippen LogP contribution < -0.4 is 10.6 Å². The molecule has 0 unspecified atom stereocenters. The van der Waals surface area contributed by atoms with E-state index in [2.05, 4.69) is 15.5 Å². The molecule has 0 aromatic heterocycles. The van der Waals surface area contributed by atoms with Crippen LogP contribution in [0.3, 0.4) is 0 Å². The molecule has 40 heavy (non-hydrogen) atoms. The van der Waals surface area contributed by atoms with Crippen LogP contribution >= 0.6 is 23.2 Å². The number of nitriles is 1. The Morgan fingerprint density at radius 1 is 0.900 bits per heavy atom. The van der Waals surface area contributed by atoms with E-state index in [0.29, 0.717) is 22.3 Å². The zero-order valence-electron chi connectivity index (χ0n) is 21.4. The minimum absolute atomic E-state index is 0.0428. The fourth-order valence-electron chi connectivity index (χ4n) is 3.60. The SMILES string of the molecule is [C-]#[N+]/C(=C/c1c(Cl)ccc(C)c1F)C(=O)NCc1cccc(CNC(=O)/C(C#N)=C\c2c(Cl)ccc(C)c2F)c1. The molecule has 0 atom stereocenters. The number of rotatable bonds is 8. The van der Waals surface area contributed by atoms with Crippen LogP contribution in [0.4, 0.5) is 8.78 Å². The Morgan fingerprint density at radius 3 is 1.90 bits per heavy atom. The molecule has 0 saturated heterocycles. The standard InChI is InChI=1S/C30H22Cl2F2N4O2/c1-17-7-9-24(31)22(27(17)33)12-21(14-35)29(39)37-15-19-5-4-6-20(11-19)16-38-30(40)26(36-3)13-23-25(32)10-8-18(2)28(23)34/h4-13H,15-16H2,1-2H3,(H,37,39)(H,38,40)/b21-12-,26-13+. The highest BCUT2D eigenvalue weighted by Gasteiger charge is 2.16. The molecule has 0 aliphatic carbocycles. The minimum atomic E-state index is -0.716. The molecule has 0 saturated carbocycles. The van der Waals surface area contributed by atoms with Gasteiger partial charge in [-0.2, -0.15) is 5.26 Å². The molecule has 10 heteroatoms. The van der Waals surface area contributed by atoms with Crippen molar-refractivity contribution >= 4 is 47.2 Å². The number of hydrogen-bond acceptors (Lipinski definition) is 3. The summed E-state index contributed by atoms with van der Waals surface area (Å²) in [5.74, 6) is -2.66. The van der Waals surface area contributed by atoms with Gasteiger partial charge in [0.2, 0.25) is 0 Å². The van der Waals surface area contributed by atoms with Gasteiger partial charge in [-0.15, -0.1) is 0 Å². The molecular formula is C30H22Cl2F2N4O2. The van der Waals surface area contributed by atoms with Crippen molar-refractivity contribution in [1.29, 1.82) is 5.26 Å². The van der Waals surface area contributed by atoms with Crippen molar-refractivity contribution < 1.29 is 18.4 Å². The van der Waals surface area contributed by atoms with Crippen molar-refractivity contribution in [2.24, 2.45) is 0 Å². The van der Waals surface area contributed by atoms with Gasteiger partial charge in [-0.25, -0.2) is 13.6 Å². The van der Waals surface area contributed by atoms with E-state index < -0.39 is 23.4 Å². The maximum absolute atomic E-state index is 14.4. The summed E-state index contributed by atoms with van der Waals surface area (Å²) in [4.78, 5) is 28.4. The van der Waals surface area contributed by atoms with Crippen molar-refractivity contribution in [3.63, 3.8) is 0 Å². The number of aryl methyl sites for hydroxylation is 2. The quantitative estimate of drug-likeness (QED) is 0.177. The average molecular weight is 579 g/mol. The first-order valence-corrected chi connectivity index (χ1v) is 12.6. The first-order valence-electron chi connectivity index (χ1n) is 11.8. The van der Waals surface area contributed by atoms with Crippen LogP contribution in [-0.2, 0) is 22.7 Å². The highest BCUT2D eigenvalue weighted by molar-refractivity contribution is 6.32. The van der Waals surface area contributed by atoms with Gasteiger partial charge in [-0.05, 0) is 60.4 Å². The van der Waals surface area contributed by atoms with Crippen molar-refractivity contribution in [3.05, 3.63) is 126 Å². The Bertz CT molecular complexity index is 1520. The van der Waals surface area contributed by atoms with E-state index in [1.165, 1.54) is 24.3 Å². The van der Waals surface area contributed by atoms with E-state index in [1.54, 1.807) is 44.2 Å². The van der Waals surface area contributed by atoms with E-state index in [1.807, 2.05) is 0 Å². The summed E-state index contributed by atoms with van der Waals surface area (Å²) in [5.41, 5.74) is 1.22. The van der Waals surface area contributed by atoms with Crippen LogP contribution in [0.1, 0.15) is 33.4 Å². The predicted octanol–water partition coefficient (Wildman–Crippen LogP) is 6.69. The Balaban J connectivity index is 1.67. The van der Waals surface area contributed by atoms with Crippen molar-refractivity contribution in [3.8, 4) is 6.07 Å². The maximum Gasteiger partial charge on any atom is 0.262 e. The van der Waals surface area contributed by atoms with E-state index >= 15 is 0 Å². The van der Waals surface area contributed by atoms with Gasteiger partial charge in [0.05, 0.1) is 11.6 Å². The zero-order chi connectivity index (χ0) is 29.4. The molecule has 0 aliphatic heterocycles. The zero-order valence-corrected chi connectivity index (χ0v) is 22.9. The summed E-state index contributed by atoms with van der Waals surface area (Å²) in [7, 11) is 0. The number of carbonyl (C=O) groups is 2. The lowest BCUT2D eigenvalue weighted by atomic mass is 10.1. The molecule has 0 heterocycles. The summed E-state index contributed by atoms with van der Waals surface area (Å²) in [5, 5.41) is 14.8. The van der Waals surface area contributed by atoms with Crippen LogP contribution in [0.15, 0.2) is 59.8 Å². The van der Waals surface area contributed by atoms with Gasteiger partial charge in [0.1, 0.15) is 23.3 Å². The summed E-state index contributed by atoms with van der Waals surface area (Å²) < 4.78 is 28.9. The second-order valence-corrected chi connectivity index (χ2v) is 9.49. The van der Waals surface area contributed by atoms with Crippen LogP contribution in [0, 0.1) is 43.4 Å². The van der Waals surface area contributed by atoms with Crippen molar-refractivity contribution in [2.75, 3.05) is 0 Å². The van der Waals surface area contributed by atoms with Crippen molar-refractivity contribution in [2.45, 2.75) is 26.9 Å².